The summed E-state index contributed by atoms with van der Waals surface area (Å²) in [6.45, 7) is 8.61. The number of hydrogen-bond acceptors (Lipinski definition) is 2. The molecule has 3 atom stereocenters. The molecule has 0 aromatic carbocycles. The molecule has 2 fully saturated rings. The third-order valence-electron chi connectivity index (χ3n) is 5.31. The van der Waals surface area contributed by atoms with Crippen molar-refractivity contribution < 1.29 is 0 Å². The first-order chi connectivity index (χ1) is 9.26. The van der Waals surface area contributed by atoms with E-state index >= 15 is 0 Å². The topological polar surface area (TPSA) is 15.3 Å². The van der Waals surface area contributed by atoms with Gasteiger partial charge in [-0.1, -0.05) is 26.7 Å². The van der Waals surface area contributed by atoms with Crippen LogP contribution in [0, 0.1) is 17.8 Å². The fourth-order valence-corrected chi connectivity index (χ4v) is 3.94. The lowest BCUT2D eigenvalue weighted by Gasteiger charge is -2.39. The Morgan fingerprint density at radius 1 is 1.00 bits per heavy atom. The van der Waals surface area contributed by atoms with Crippen LogP contribution >= 0.6 is 0 Å². The number of hydrogen-bond donors (Lipinski definition) is 1. The molecule has 3 unspecified atom stereocenters. The fraction of sp³-hybridized carbons (Fsp3) is 1.00. The largest absolute Gasteiger partial charge is 0.317 e. The standard InChI is InChI=1S/C17H34N2/c1-4-6-14-9-10-17(18-3)16(11-14)13-19(5-2)12-15-7-8-15/h14-18H,4-13H2,1-3H3. The molecular weight excluding hydrogens is 232 g/mol. The molecule has 0 bridgehead atoms. The Morgan fingerprint density at radius 3 is 2.32 bits per heavy atom. The summed E-state index contributed by atoms with van der Waals surface area (Å²) in [5, 5.41) is 3.59. The van der Waals surface area contributed by atoms with Crippen LogP contribution in [0.1, 0.15) is 58.8 Å². The van der Waals surface area contributed by atoms with Gasteiger partial charge >= 0.3 is 0 Å². The minimum Gasteiger partial charge on any atom is -0.317 e. The summed E-state index contributed by atoms with van der Waals surface area (Å²) < 4.78 is 0. The zero-order valence-corrected chi connectivity index (χ0v) is 13.3. The highest BCUT2D eigenvalue weighted by Crippen LogP contribution is 2.34. The van der Waals surface area contributed by atoms with Crippen LogP contribution in [0.3, 0.4) is 0 Å². The summed E-state index contributed by atoms with van der Waals surface area (Å²) in [6, 6.07) is 0.765. The van der Waals surface area contributed by atoms with Crippen LogP contribution in [0.2, 0.25) is 0 Å². The molecule has 2 aliphatic rings. The fourth-order valence-electron chi connectivity index (χ4n) is 3.94. The van der Waals surface area contributed by atoms with Crippen molar-refractivity contribution in [3.8, 4) is 0 Å². The van der Waals surface area contributed by atoms with Crippen molar-refractivity contribution in [3.05, 3.63) is 0 Å². The number of nitrogens with one attached hydrogen (secondary N) is 1. The first-order valence-electron chi connectivity index (χ1n) is 8.66. The van der Waals surface area contributed by atoms with Gasteiger partial charge in [-0.15, -0.1) is 0 Å². The molecule has 2 heteroatoms. The van der Waals surface area contributed by atoms with E-state index in [1.807, 2.05) is 0 Å². The molecule has 0 aromatic heterocycles. The van der Waals surface area contributed by atoms with Crippen LogP contribution in [0.25, 0.3) is 0 Å². The van der Waals surface area contributed by atoms with E-state index in [1.165, 1.54) is 64.6 Å². The molecule has 0 heterocycles. The summed E-state index contributed by atoms with van der Waals surface area (Å²) in [5.41, 5.74) is 0. The quantitative estimate of drug-likeness (QED) is 0.723. The van der Waals surface area contributed by atoms with Crippen molar-refractivity contribution in [2.75, 3.05) is 26.7 Å². The van der Waals surface area contributed by atoms with Gasteiger partial charge in [0.15, 0.2) is 0 Å². The predicted molar refractivity (Wildman–Crippen MR) is 83.4 cm³/mol. The Hall–Kier alpha value is -0.0800. The second kappa shape index (κ2) is 7.64. The second-order valence-corrected chi connectivity index (χ2v) is 6.92. The van der Waals surface area contributed by atoms with Crippen LogP contribution in [0.5, 0.6) is 0 Å². The SMILES string of the molecule is CCCC1CCC(NC)C(CN(CC)CC2CC2)C1. The summed E-state index contributed by atoms with van der Waals surface area (Å²) in [5.74, 6) is 2.91. The highest BCUT2D eigenvalue weighted by molar-refractivity contribution is 4.87. The van der Waals surface area contributed by atoms with Crippen LogP contribution in [0.4, 0.5) is 0 Å². The summed E-state index contributed by atoms with van der Waals surface area (Å²) in [7, 11) is 2.16. The van der Waals surface area contributed by atoms with Gasteiger partial charge in [-0.2, -0.15) is 0 Å². The Balaban J connectivity index is 1.84. The Morgan fingerprint density at radius 2 is 1.74 bits per heavy atom. The van der Waals surface area contributed by atoms with E-state index in [-0.39, 0.29) is 0 Å². The molecule has 0 saturated heterocycles. The second-order valence-electron chi connectivity index (χ2n) is 6.92. The molecule has 2 saturated carbocycles. The van der Waals surface area contributed by atoms with E-state index in [9.17, 15) is 0 Å². The Labute approximate surface area is 120 Å². The van der Waals surface area contributed by atoms with E-state index in [4.69, 9.17) is 0 Å². The molecule has 0 aromatic rings. The molecular formula is C17H34N2. The van der Waals surface area contributed by atoms with Crippen LogP contribution < -0.4 is 5.32 Å². The zero-order chi connectivity index (χ0) is 13.7. The molecule has 19 heavy (non-hydrogen) atoms. The van der Waals surface area contributed by atoms with Crippen LogP contribution in [-0.4, -0.2) is 37.6 Å². The third-order valence-corrected chi connectivity index (χ3v) is 5.31. The van der Waals surface area contributed by atoms with Gasteiger partial charge in [-0.3, -0.25) is 0 Å². The minimum absolute atomic E-state index is 0.765. The van der Waals surface area contributed by atoms with E-state index in [0.717, 1.165) is 23.8 Å². The normalized spacial score (nSPS) is 31.9. The van der Waals surface area contributed by atoms with Crippen LogP contribution in [0.15, 0.2) is 0 Å². The average molecular weight is 266 g/mol. The highest BCUT2D eigenvalue weighted by atomic mass is 15.1. The number of rotatable bonds is 8. The molecule has 112 valence electrons. The van der Waals surface area contributed by atoms with E-state index in [0.29, 0.717) is 0 Å². The summed E-state index contributed by atoms with van der Waals surface area (Å²) >= 11 is 0. The van der Waals surface area contributed by atoms with Gasteiger partial charge in [-0.25, -0.2) is 0 Å². The van der Waals surface area contributed by atoms with E-state index in [2.05, 4.69) is 31.1 Å². The van der Waals surface area contributed by atoms with Gasteiger partial charge < -0.3 is 10.2 Å². The molecule has 0 radical (unpaired) electrons. The molecule has 0 aliphatic heterocycles. The Kier molecular flexibility index (Phi) is 6.15. The smallest absolute Gasteiger partial charge is 0.0105 e. The molecule has 1 N–H and O–H groups in total. The van der Waals surface area contributed by atoms with Gasteiger partial charge in [-0.05, 0) is 63.5 Å². The van der Waals surface area contributed by atoms with Crippen LogP contribution in [-0.2, 0) is 0 Å². The zero-order valence-electron chi connectivity index (χ0n) is 13.3. The maximum Gasteiger partial charge on any atom is 0.0105 e. The monoisotopic (exact) mass is 266 g/mol. The summed E-state index contributed by atoms with van der Waals surface area (Å²) in [4.78, 5) is 2.72. The van der Waals surface area contributed by atoms with Gasteiger partial charge in [0.25, 0.3) is 0 Å². The number of nitrogens with zero attached hydrogens (tertiary/aromatic N) is 1. The lowest BCUT2D eigenvalue weighted by molar-refractivity contribution is 0.139. The van der Waals surface area contributed by atoms with Crippen molar-refractivity contribution in [2.45, 2.75) is 64.8 Å². The van der Waals surface area contributed by atoms with Gasteiger partial charge in [0, 0.05) is 19.1 Å². The first-order valence-corrected chi connectivity index (χ1v) is 8.66. The molecule has 2 rings (SSSR count). The molecule has 0 amide bonds. The van der Waals surface area contributed by atoms with Crippen molar-refractivity contribution in [2.24, 2.45) is 17.8 Å². The van der Waals surface area contributed by atoms with Gasteiger partial charge in [0.2, 0.25) is 0 Å². The molecule has 0 spiro atoms. The van der Waals surface area contributed by atoms with Crippen molar-refractivity contribution in [1.82, 2.24) is 10.2 Å². The van der Waals surface area contributed by atoms with E-state index in [1.54, 1.807) is 0 Å². The minimum atomic E-state index is 0.765. The van der Waals surface area contributed by atoms with E-state index < -0.39 is 0 Å². The maximum absolute atomic E-state index is 3.59. The van der Waals surface area contributed by atoms with Gasteiger partial charge in [0.1, 0.15) is 0 Å². The maximum atomic E-state index is 3.59. The summed E-state index contributed by atoms with van der Waals surface area (Å²) in [6.07, 6.45) is 10.1. The van der Waals surface area contributed by atoms with Crippen molar-refractivity contribution in [3.63, 3.8) is 0 Å². The highest BCUT2D eigenvalue weighted by Gasteiger charge is 2.31. The lowest BCUT2D eigenvalue weighted by Crippen LogP contribution is -2.45. The average Bonchev–Trinajstić information content (AvgIpc) is 3.23. The molecule has 2 aliphatic carbocycles. The van der Waals surface area contributed by atoms with Gasteiger partial charge in [0.05, 0.1) is 0 Å². The lowest BCUT2D eigenvalue weighted by atomic mass is 9.76. The van der Waals surface area contributed by atoms with Crippen molar-refractivity contribution >= 4 is 0 Å². The molecule has 2 nitrogen and oxygen atoms in total. The third kappa shape index (κ3) is 4.75. The van der Waals surface area contributed by atoms with Crippen molar-refractivity contribution in [1.29, 1.82) is 0 Å². The predicted octanol–water partition coefficient (Wildman–Crippen LogP) is 3.52. The Bertz CT molecular complexity index is 250. The first kappa shape index (κ1) is 15.3.